The normalized spacial score (nSPS) is 11.3. The lowest BCUT2D eigenvalue weighted by molar-refractivity contribution is -0.274. The smallest absolute Gasteiger partial charge is 0.406 e. The minimum absolute atomic E-state index is 0.0147. The van der Waals surface area contributed by atoms with E-state index in [0.29, 0.717) is 16.1 Å². The molecule has 1 aromatic heterocycles. The van der Waals surface area contributed by atoms with E-state index in [9.17, 15) is 18.0 Å². The van der Waals surface area contributed by atoms with Gasteiger partial charge in [0.25, 0.3) is 0 Å². The van der Waals surface area contributed by atoms with Crippen molar-refractivity contribution in [2.45, 2.75) is 12.8 Å². The van der Waals surface area contributed by atoms with Crippen LogP contribution in [-0.4, -0.2) is 22.5 Å². The molecule has 0 bridgehead atoms. The number of hydrogen-bond donors (Lipinski definition) is 1. The molecule has 140 valence electrons. The van der Waals surface area contributed by atoms with Gasteiger partial charge in [-0.05, 0) is 35.9 Å². The highest BCUT2D eigenvalue weighted by Gasteiger charge is 2.31. The van der Waals surface area contributed by atoms with Crippen LogP contribution in [0.5, 0.6) is 5.75 Å². The van der Waals surface area contributed by atoms with Crippen molar-refractivity contribution in [3.63, 3.8) is 0 Å². The summed E-state index contributed by atoms with van der Waals surface area (Å²) in [6.45, 7) is 0. The number of carbonyl (C=O) groups is 1. The molecule has 27 heavy (non-hydrogen) atoms. The second kappa shape index (κ2) is 7.67. The number of hydrogen-bond acceptors (Lipinski definition) is 5. The van der Waals surface area contributed by atoms with E-state index >= 15 is 0 Å². The molecule has 1 amide bonds. The number of carbonyl (C=O) groups excluding carboxylic acids is 1. The summed E-state index contributed by atoms with van der Waals surface area (Å²) in [7, 11) is 0. The summed E-state index contributed by atoms with van der Waals surface area (Å²) in [5.74, 6) is -0.757. The third-order valence-electron chi connectivity index (χ3n) is 3.32. The molecular formula is C17H11ClF3N3O3. The molecule has 6 nitrogen and oxygen atoms in total. The fraction of sp³-hybridized carbons (Fsp3) is 0.118. The average molecular weight is 398 g/mol. The first kappa shape index (κ1) is 18.7. The molecule has 1 N–H and O–H groups in total. The Kier molecular flexibility index (Phi) is 5.31. The Balaban J connectivity index is 1.64. The standard InChI is InChI=1S/C17H11ClF3N3O3/c18-13-4-2-1-3-11(13)9-14(25)22-16-24-23-15(26-16)10-5-7-12(8-6-10)27-17(19,20)21/h1-8H,9H2,(H,22,24,25). The van der Waals surface area contributed by atoms with Crippen molar-refractivity contribution in [1.82, 2.24) is 10.2 Å². The van der Waals surface area contributed by atoms with Gasteiger partial charge in [0.2, 0.25) is 11.8 Å². The van der Waals surface area contributed by atoms with Gasteiger partial charge < -0.3 is 9.15 Å². The molecule has 0 saturated carbocycles. The summed E-state index contributed by atoms with van der Waals surface area (Å²) < 4.78 is 45.6. The van der Waals surface area contributed by atoms with E-state index in [1.54, 1.807) is 24.3 Å². The second-order valence-electron chi connectivity index (χ2n) is 5.30. The third-order valence-corrected chi connectivity index (χ3v) is 3.68. The Morgan fingerprint density at radius 3 is 2.48 bits per heavy atom. The highest BCUT2D eigenvalue weighted by atomic mass is 35.5. The molecule has 0 aliphatic rings. The first-order valence-corrected chi connectivity index (χ1v) is 7.91. The van der Waals surface area contributed by atoms with Gasteiger partial charge in [0.1, 0.15) is 5.75 Å². The number of amides is 1. The first-order chi connectivity index (χ1) is 12.8. The van der Waals surface area contributed by atoms with Crippen LogP contribution in [0.3, 0.4) is 0 Å². The summed E-state index contributed by atoms with van der Waals surface area (Å²) in [5.41, 5.74) is 1.00. The van der Waals surface area contributed by atoms with Crippen molar-refractivity contribution < 1.29 is 27.1 Å². The molecule has 2 aromatic carbocycles. The average Bonchev–Trinajstić information content (AvgIpc) is 3.04. The summed E-state index contributed by atoms with van der Waals surface area (Å²) in [6.07, 6.45) is -4.76. The minimum Gasteiger partial charge on any atom is -0.406 e. The predicted molar refractivity (Wildman–Crippen MR) is 90.2 cm³/mol. The van der Waals surface area contributed by atoms with Crippen LogP contribution in [0.2, 0.25) is 5.02 Å². The van der Waals surface area contributed by atoms with Gasteiger partial charge >= 0.3 is 12.4 Å². The fourth-order valence-electron chi connectivity index (χ4n) is 2.17. The Bertz CT molecular complexity index is 942. The summed E-state index contributed by atoms with van der Waals surface area (Å²) >= 11 is 6.00. The highest BCUT2D eigenvalue weighted by Crippen LogP contribution is 2.26. The number of nitrogens with zero attached hydrogens (tertiary/aromatic N) is 2. The van der Waals surface area contributed by atoms with Crippen molar-refractivity contribution in [3.8, 4) is 17.2 Å². The molecule has 0 atom stereocenters. The number of alkyl halides is 3. The van der Waals surface area contributed by atoms with Crippen LogP contribution in [0, 0.1) is 0 Å². The molecule has 1 heterocycles. The van der Waals surface area contributed by atoms with Gasteiger partial charge in [-0.15, -0.1) is 18.3 Å². The zero-order chi connectivity index (χ0) is 19.4. The number of nitrogens with one attached hydrogen (secondary N) is 1. The van der Waals surface area contributed by atoms with Gasteiger partial charge in [-0.1, -0.05) is 34.9 Å². The van der Waals surface area contributed by atoms with E-state index in [1.807, 2.05) is 0 Å². The van der Waals surface area contributed by atoms with Crippen molar-refractivity contribution in [2.24, 2.45) is 0 Å². The van der Waals surface area contributed by atoms with Gasteiger partial charge in [0.05, 0.1) is 6.42 Å². The molecule has 0 saturated heterocycles. The van der Waals surface area contributed by atoms with Crippen LogP contribution < -0.4 is 10.1 Å². The molecule has 10 heteroatoms. The molecule has 3 rings (SSSR count). The summed E-state index contributed by atoms with van der Waals surface area (Å²) in [4.78, 5) is 12.0. The number of anilines is 1. The molecule has 0 unspecified atom stereocenters. The Labute approximate surface area is 155 Å². The number of halogens is 4. The SMILES string of the molecule is O=C(Cc1ccccc1Cl)Nc1nnc(-c2ccc(OC(F)(F)F)cc2)o1. The minimum atomic E-state index is -4.77. The molecule has 0 aliphatic carbocycles. The predicted octanol–water partition coefficient (Wildman–Crippen LogP) is 4.47. The van der Waals surface area contributed by atoms with Gasteiger partial charge in [-0.25, -0.2) is 0 Å². The van der Waals surface area contributed by atoms with Crippen molar-refractivity contribution in [2.75, 3.05) is 5.32 Å². The van der Waals surface area contributed by atoms with Crippen LogP contribution in [0.15, 0.2) is 52.9 Å². The number of aromatic nitrogens is 2. The van der Waals surface area contributed by atoms with E-state index in [4.69, 9.17) is 16.0 Å². The van der Waals surface area contributed by atoms with E-state index in [1.165, 1.54) is 12.1 Å². The lowest BCUT2D eigenvalue weighted by Crippen LogP contribution is -2.16. The van der Waals surface area contributed by atoms with Crippen LogP contribution >= 0.6 is 11.6 Å². The number of ether oxygens (including phenoxy) is 1. The van der Waals surface area contributed by atoms with Crippen LogP contribution in [0.4, 0.5) is 19.2 Å². The van der Waals surface area contributed by atoms with Gasteiger partial charge in [-0.3, -0.25) is 10.1 Å². The molecule has 0 spiro atoms. The Hall–Kier alpha value is -3.07. The number of benzene rings is 2. The van der Waals surface area contributed by atoms with Crippen LogP contribution in [-0.2, 0) is 11.2 Å². The van der Waals surface area contributed by atoms with Crippen LogP contribution in [0.1, 0.15) is 5.56 Å². The summed E-state index contributed by atoms with van der Waals surface area (Å²) in [5, 5.41) is 10.3. The molecule has 0 fully saturated rings. The largest absolute Gasteiger partial charge is 0.573 e. The maximum atomic E-state index is 12.2. The van der Waals surface area contributed by atoms with Crippen molar-refractivity contribution in [1.29, 1.82) is 0 Å². The Morgan fingerprint density at radius 1 is 1.11 bits per heavy atom. The van der Waals surface area contributed by atoms with E-state index in [2.05, 4.69) is 20.3 Å². The monoisotopic (exact) mass is 397 g/mol. The third kappa shape index (κ3) is 5.20. The lowest BCUT2D eigenvalue weighted by Gasteiger charge is -2.08. The van der Waals surface area contributed by atoms with Crippen LogP contribution in [0.25, 0.3) is 11.5 Å². The highest BCUT2D eigenvalue weighted by molar-refractivity contribution is 6.31. The topological polar surface area (TPSA) is 77.2 Å². The van der Waals surface area contributed by atoms with E-state index in [0.717, 1.165) is 12.1 Å². The summed E-state index contributed by atoms with van der Waals surface area (Å²) in [6, 6.07) is 11.6. The molecule has 0 aliphatic heterocycles. The Morgan fingerprint density at radius 2 is 1.81 bits per heavy atom. The van der Waals surface area contributed by atoms with Crippen molar-refractivity contribution in [3.05, 3.63) is 59.1 Å². The molecule has 0 radical (unpaired) electrons. The maximum Gasteiger partial charge on any atom is 0.573 e. The fourth-order valence-corrected chi connectivity index (χ4v) is 2.37. The zero-order valence-electron chi connectivity index (χ0n) is 13.5. The number of rotatable bonds is 5. The van der Waals surface area contributed by atoms with Gasteiger partial charge in [0, 0.05) is 10.6 Å². The molecular weight excluding hydrogens is 387 g/mol. The first-order valence-electron chi connectivity index (χ1n) is 7.53. The second-order valence-corrected chi connectivity index (χ2v) is 5.71. The van der Waals surface area contributed by atoms with Gasteiger partial charge in [0.15, 0.2) is 0 Å². The van der Waals surface area contributed by atoms with E-state index in [-0.39, 0.29) is 24.1 Å². The maximum absolute atomic E-state index is 12.2. The molecule has 3 aromatic rings. The quantitative estimate of drug-likeness (QED) is 0.687. The lowest BCUT2D eigenvalue weighted by atomic mass is 10.1. The van der Waals surface area contributed by atoms with Crippen molar-refractivity contribution >= 4 is 23.5 Å². The van der Waals surface area contributed by atoms with Gasteiger partial charge in [-0.2, -0.15) is 0 Å². The zero-order valence-corrected chi connectivity index (χ0v) is 14.2. The van der Waals surface area contributed by atoms with E-state index < -0.39 is 12.3 Å².